The van der Waals surface area contributed by atoms with Gasteiger partial charge in [-0.25, -0.2) is 4.99 Å². The van der Waals surface area contributed by atoms with Crippen molar-refractivity contribution in [2.75, 3.05) is 38.0 Å². The number of carbonyl (C=O) groups is 1. The molecule has 1 aliphatic heterocycles. The number of halogens is 1. The summed E-state index contributed by atoms with van der Waals surface area (Å²) in [6.45, 7) is 7.73. The van der Waals surface area contributed by atoms with Gasteiger partial charge in [0.05, 0.1) is 12.8 Å². The van der Waals surface area contributed by atoms with Gasteiger partial charge in [-0.2, -0.15) is 0 Å². The lowest BCUT2D eigenvalue weighted by Crippen LogP contribution is -2.42. The van der Waals surface area contributed by atoms with Gasteiger partial charge >= 0.3 is 0 Å². The minimum atomic E-state index is -0.261. The zero-order valence-electron chi connectivity index (χ0n) is 17.5. The average molecular weight is 525 g/mol. The van der Waals surface area contributed by atoms with Crippen LogP contribution in [0.1, 0.15) is 42.3 Å². The molecule has 3 N–H and O–H groups in total. The predicted molar refractivity (Wildman–Crippen MR) is 132 cm³/mol. The van der Waals surface area contributed by atoms with Crippen LogP contribution in [0.5, 0.6) is 0 Å². The topological polar surface area (TPSA) is 81.9 Å². The summed E-state index contributed by atoms with van der Waals surface area (Å²) in [7, 11) is 0. The first-order chi connectivity index (χ1) is 14.2. The number of guanidine groups is 1. The Hall–Kier alpha value is -2.07. The second-order valence-corrected chi connectivity index (χ2v) is 7.16. The van der Waals surface area contributed by atoms with E-state index in [1.54, 1.807) is 12.1 Å². The van der Waals surface area contributed by atoms with Gasteiger partial charge in [-0.1, -0.05) is 18.6 Å². The molecule has 1 aromatic heterocycles. The van der Waals surface area contributed by atoms with E-state index in [4.69, 9.17) is 4.42 Å². The summed E-state index contributed by atoms with van der Waals surface area (Å²) >= 11 is 0. The van der Waals surface area contributed by atoms with Gasteiger partial charge in [0.15, 0.2) is 11.7 Å². The lowest BCUT2D eigenvalue weighted by Gasteiger charge is -2.26. The second-order valence-electron chi connectivity index (χ2n) is 7.16. The van der Waals surface area contributed by atoms with Crippen molar-refractivity contribution in [3.63, 3.8) is 0 Å². The van der Waals surface area contributed by atoms with Crippen molar-refractivity contribution < 1.29 is 9.21 Å². The third-order valence-electron chi connectivity index (χ3n) is 4.86. The monoisotopic (exact) mass is 525 g/mol. The van der Waals surface area contributed by atoms with Crippen molar-refractivity contribution in [1.29, 1.82) is 0 Å². The highest BCUT2D eigenvalue weighted by atomic mass is 127. The molecule has 0 unspecified atom stereocenters. The van der Waals surface area contributed by atoms with Crippen LogP contribution in [0.2, 0.25) is 0 Å². The Kier molecular flexibility index (Phi) is 10.7. The van der Waals surface area contributed by atoms with Crippen molar-refractivity contribution >= 4 is 41.5 Å². The highest BCUT2D eigenvalue weighted by Crippen LogP contribution is 2.13. The molecule has 1 fully saturated rings. The van der Waals surface area contributed by atoms with Crippen LogP contribution in [0.25, 0.3) is 0 Å². The van der Waals surface area contributed by atoms with Gasteiger partial charge < -0.3 is 25.3 Å². The number of furan rings is 1. The van der Waals surface area contributed by atoms with Crippen LogP contribution in [0, 0.1) is 0 Å². The van der Waals surface area contributed by atoms with Crippen LogP contribution >= 0.6 is 24.0 Å². The molecule has 7 nitrogen and oxygen atoms in total. The highest BCUT2D eigenvalue weighted by Gasteiger charge is 2.10. The molecule has 30 heavy (non-hydrogen) atoms. The fraction of sp³-hybridized carbons (Fsp3) is 0.455. The molecule has 2 aromatic rings. The van der Waals surface area contributed by atoms with E-state index in [9.17, 15) is 4.79 Å². The van der Waals surface area contributed by atoms with E-state index in [1.807, 2.05) is 24.3 Å². The quantitative estimate of drug-likeness (QED) is 0.278. The molecule has 2 heterocycles. The number of anilines is 1. The van der Waals surface area contributed by atoms with Gasteiger partial charge in [0, 0.05) is 25.3 Å². The summed E-state index contributed by atoms with van der Waals surface area (Å²) in [6, 6.07) is 11.0. The van der Waals surface area contributed by atoms with E-state index < -0.39 is 0 Å². The molecular weight excluding hydrogens is 493 g/mol. The Morgan fingerprint density at radius 3 is 2.70 bits per heavy atom. The standard InChI is InChI=1S/C22H31N5O2.HI/c1-2-23-22(24-11-14-27-12-4-3-5-13-27)25-17-18-8-6-9-19(16-18)26-21(28)20-10-7-15-29-20;/h6-10,15-16H,2-5,11-14,17H2,1H3,(H,26,28)(H2,23,24,25);1H. The molecule has 0 atom stereocenters. The number of hydrogen-bond acceptors (Lipinski definition) is 4. The van der Waals surface area contributed by atoms with E-state index >= 15 is 0 Å². The maximum Gasteiger partial charge on any atom is 0.291 e. The number of likely N-dealkylation sites (tertiary alicyclic amines) is 1. The Morgan fingerprint density at radius 2 is 1.97 bits per heavy atom. The first-order valence-corrected chi connectivity index (χ1v) is 10.4. The zero-order valence-corrected chi connectivity index (χ0v) is 19.9. The van der Waals surface area contributed by atoms with E-state index in [0.717, 1.165) is 36.8 Å². The lowest BCUT2D eigenvalue weighted by atomic mass is 10.1. The molecule has 0 aliphatic carbocycles. The number of rotatable bonds is 8. The SMILES string of the molecule is CCNC(=NCc1cccc(NC(=O)c2ccco2)c1)NCCN1CCCCC1.I. The van der Waals surface area contributed by atoms with Crippen LogP contribution in [0.15, 0.2) is 52.1 Å². The minimum absolute atomic E-state index is 0. The third kappa shape index (κ3) is 7.98. The van der Waals surface area contributed by atoms with Crippen LogP contribution in [-0.4, -0.2) is 49.5 Å². The van der Waals surface area contributed by atoms with Crippen molar-refractivity contribution in [2.45, 2.75) is 32.7 Å². The number of nitrogens with one attached hydrogen (secondary N) is 3. The molecule has 3 rings (SSSR count). The summed E-state index contributed by atoms with van der Waals surface area (Å²) in [5, 5.41) is 9.56. The molecule has 1 aliphatic rings. The first-order valence-electron chi connectivity index (χ1n) is 10.4. The van der Waals surface area contributed by atoms with Crippen molar-refractivity contribution in [1.82, 2.24) is 15.5 Å². The number of piperidine rings is 1. The molecule has 0 radical (unpaired) electrons. The Labute approximate surface area is 195 Å². The molecule has 1 amide bonds. The summed E-state index contributed by atoms with van der Waals surface area (Å²) in [5.41, 5.74) is 1.75. The van der Waals surface area contributed by atoms with Gasteiger partial charge in [0.2, 0.25) is 0 Å². The van der Waals surface area contributed by atoms with Crippen LogP contribution in [0.4, 0.5) is 5.69 Å². The average Bonchev–Trinajstić information content (AvgIpc) is 3.28. The third-order valence-corrected chi connectivity index (χ3v) is 4.86. The minimum Gasteiger partial charge on any atom is -0.459 e. The van der Waals surface area contributed by atoms with Gasteiger partial charge in [-0.15, -0.1) is 24.0 Å². The predicted octanol–water partition coefficient (Wildman–Crippen LogP) is 3.69. The van der Waals surface area contributed by atoms with Gasteiger partial charge in [0.25, 0.3) is 5.91 Å². The number of amides is 1. The van der Waals surface area contributed by atoms with Crippen molar-refractivity contribution in [2.24, 2.45) is 4.99 Å². The maximum atomic E-state index is 12.1. The number of nitrogens with zero attached hydrogens (tertiary/aromatic N) is 2. The normalized spacial score (nSPS) is 14.6. The van der Waals surface area contributed by atoms with Gasteiger partial charge in [-0.3, -0.25) is 4.79 Å². The molecule has 1 aromatic carbocycles. The summed E-state index contributed by atoms with van der Waals surface area (Å²) < 4.78 is 5.13. The molecule has 0 saturated carbocycles. The van der Waals surface area contributed by atoms with Gasteiger partial charge in [-0.05, 0) is 62.7 Å². The maximum absolute atomic E-state index is 12.1. The Balaban J connectivity index is 0.00000320. The molecule has 164 valence electrons. The first kappa shape index (κ1) is 24.2. The van der Waals surface area contributed by atoms with Crippen molar-refractivity contribution in [3.8, 4) is 0 Å². The Morgan fingerprint density at radius 1 is 1.13 bits per heavy atom. The summed E-state index contributed by atoms with van der Waals surface area (Å²) in [5.74, 6) is 0.846. The number of aliphatic imine (C=N–C) groups is 1. The molecule has 0 bridgehead atoms. The summed E-state index contributed by atoms with van der Waals surface area (Å²) in [6.07, 6.45) is 5.46. The van der Waals surface area contributed by atoms with Crippen LogP contribution < -0.4 is 16.0 Å². The fourth-order valence-electron chi connectivity index (χ4n) is 3.38. The highest BCUT2D eigenvalue weighted by molar-refractivity contribution is 14.0. The smallest absolute Gasteiger partial charge is 0.291 e. The largest absolute Gasteiger partial charge is 0.459 e. The molecule has 0 spiro atoms. The van der Waals surface area contributed by atoms with Crippen molar-refractivity contribution in [3.05, 3.63) is 54.0 Å². The van der Waals surface area contributed by atoms with Crippen LogP contribution in [-0.2, 0) is 6.54 Å². The molecular formula is C22H32IN5O2. The molecule has 8 heteroatoms. The number of carbonyl (C=O) groups excluding carboxylic acids is 1. The summed E-state index contributed by atoms with van der Waals surface area (Å²) in [4.78, 5) is 19.3. The van der Waals surface area contributed by atoms with E-state index in [1.165, 1.54) is 38.6 Å². The molecule has 1 saturated heterocycles. The zero-order chi connectivity index (χ0) is 20.3. The second kappa shape index (κ2) is 13.3. The van der Waals surface area contributed by atoms with E-state index in [2.05, 4.69) is 32.8 Å². The van der Waals surface area contributed by atoms with E-state index in [-0.39, 0.29) is 29.9 Å². The van der Waals surface area contributed by atoms with Gasteiger partial charge in [0.1, 0.15) is 0 Å². The van der Waals surface area contributed by atoms with E-state index in [0.29, 0.717) is 12.3 Å². The number of benzene rings is 1. The fourth-order valence-corrected chi connectivity index (χ4v) is 3.38. The van der Waals surface area contributed by atoms with Crippen LogP contribution in [0.3, 0.4) is 0 Å². The number of hydrogen-bond donors (Lipinski definition) is 3. The Bertz CT molecular complexity index is 789. The lowest BCUT2D eigenvalue weighted by molar-refractivity contribution is 0.0996.